The van der Waals surface area contributed by atoms with E-state index in [-0.39, 0.29) is 6.03 Å². The molecule has 1 aromatic heterocycles. The van der Waals surface area contributed by atoms with Gasteiger partial charge in [-0.1, -0.05) is 12.1 Å². The van der Waals surface area contributed by atoms with E-state index in [1.807, 2.05) is 29.2 Å². The zero-order valence-corrected chi connectivity index (χ0v) is 15.1. The SMILES string of the molecule is O=C(Nc1cccc(-c2cnco2)c1)N1CCCCC1CN1CCCC1. The first-order valence-electron chi connectivity index (χ1n) is 9.58. The molecule has 2 saturated heterocycles. The van der Waals surface area contributed by atoms with Gasteiger partial charge in [-0.15, -0.1) is 0 Å². The first-order valence-corrected chi connectivity index (χ1v) is 9.58. The van der Waals surface area contributed by atoms with Gasteiger partial charge in [-0.2, -0.15) is 0 Å². The van der Waals surface area contributed by atoms with Crippen LogP contribution in [0.2, 0.25) is 0 Å². The second-order valence-electron chi connectivity index (χ2n) is 7.23. The Labute approximate surface area is 154 Å². The second kappa shape index (κ2) is 7.91. The second-order valence-corrected chi connectivity index (χ2v) is 7.23. The topological polar surface area (TPSA) is 61.6 Å². The molecule has 0 bridgehead atoms. The molecule has 1 unspecified atom stereocenters. The largest absolute Gasteiger partial charge is 0.444 e. The van der Waals surface area contributed by atoms with E-state index < -0.39 is 0 Å². The molecule has 1 N–H and O–H groups in total. The average Bonchev–Trinajstić information content (AvgIpc) is 3.36. The van der Waals surface area contributed by atoms with Crippen LogP contribution in [0.15, 0.2) is 41.3 Å². The number of carbonyl (C=O) groups is 1. The van der Waals surface area contributed by atoms with E-state index in [1.165, 1.54) is 38.7 Å². The summed E-state index contributed by atoms with van der Waals surface area (Å²) in [5, 5.41) is 3.08. The number of amides is 2. The van der Waals surface area contributed by atoms with Crippen LogP contribution in [0.25, 0.3) is 11.3 Å². The quantitative estimate of drug-likeness (QED) is 0.906. The maximum absolute atomic E-state index is 12.9. The minimum absolute atomic E-state index is 0.00335. The summed E-state index contributed by atoms with van der Waals surface area (Å²) in [5.41, 5.74) is 1.70. The van der Waals surface area contributed by atoms with Gasteiger partial charge in [0.1, 0.15) is 0 Å². The van der Waals surface area contributed by atoms with E-state index >= 15 is 0 Å². The Morgan fingerprint density at radius 1 is 1.19 bits per heavy atom. The number of hydrogen-bond acceptors (Lipinski definition) is 4. The molecule has 2 aromatic rings. The van der Waals surface area contributed by atoms with Gasteiger partial charge in [-0.05, 0) is 57.3 Å². The predicted molar refractivity (Wildman–Crippen MR) is 101 cm³/mol. The Kier molecular flexibility index (Phi) is 5.20. The lowest BCUT2D eigenvalue weighted by molar-refractivity contribution is 0.136. The van der Waals surface area contributed by atoms with Gasteiger partial charge in [0.25, 0.3) is 0 Å². The molecule has 2 aliphatic rings. The van der Waals surface area contributed by atoms with Gasteiger partial charge in [0.2, 0.25) is 0 Å². The fourth-order valence-electron chi connectivity index (χ4n) is 4.02. The molecule has 0 saturated carbocycles. The fraction of sp³-hybridized carbons (Fsp3) is 0.500. The molecule has 1 atom stereocenters. The first-order chi connectivity index (χ1) is 12.8. The summed E-state index contributed by atoms with van der Waals surface area (Å²) >= 11 is 0. The van der Waals surface area contributed by atoms with Crippen LogP contribution in [0.4, 0.5) is 10.5 Å². The van der Waals surface area contributed by atoms with Crippen molar-refractivity contribution in [1.29, 1.82) is 0 Å². The van der Waals surface area contributed by atoms with Gasteiger partial charge in [-0.3, -0.25) is 0 Å². The maximum Gasteiger partial charge on any atom is 0.322 e. The number of oxazole rings is 1. The Hall–Kier alpha value is -2.34. The summed E-state index contributed by atoms with van der Waals surface area (Å²) in [5.74, 6) is 0.700. The third-order valence-electron chi connectivity index (χ3n) is 5.39. The van der Waals surface area contributed by atoms with Crippen LogP contribution in [0.5, 0.6) is 0 Å². The Balaban J connectivity index is 1.43. The minimum Gasteiger partial charge on any atom is -0.444 e. The van der Waals surface area contributed by atoms with Gasteiger partial charge in [-0.25, -0.2) is 9.78 Å². The number of aromatic nitrogens is 1. The highest BCUT2D eigenvalue weighted by Crippen LogP contribution is 2.24. The molecule has 0 aliphatic carbocycles. The predicted octanol–water partition coefficient (Wildman–Crippen LogP) is 3.82. The number of nitrogens with one attached hydrogen (secondary N) is 1. The van der Waals surface area contributed by atoms with Crippen molar-refractivity contribution < 1.29 is 9.21 Å². The van der Waals surface area contributed by atoms with Crippen molar-refractivity contribution in [3.63, 3.8) is 0 Å². The molecule has 0 radical (unpaired) electrons. The molecule has 4 rings (SSSR count). The summed E-state index contributed by atoms with van der Waals surface area (Å²) in [4.78, 5) is 21.4. The molecule has 6 heteroatoms. The maximum atomic E-state index is 12.9. The molecular formula is C20H26N4O2. The summed E-state index contributed by atoms with van der Waals surface area (Å²) < 4.78 is 5.35. The number of carbonyl (C=O) groups excluding carboxylic acids is 1. The van der Waals surface area contributed by atoms with Gasteiger partial charge in [0.05, 0.1) is 6.20 Å². The number of rotatable bonds is 4. The normalized spacial score (nSPS) is 21.1. The number of likely N-dealkylation sites (tertiary alicyclic amines) is 2. The van der Waals surface area contributed by atoms with Crippen LogP contribution in [0, 0.1) is 0 Å². The fourth-order valence-corrected chi connectivity index (χ4v) is 4.02. The Morgan fingerprint density at radius 2 is 2.04 bits per heavy atom. The van der Waals surface area contributed by atoms with E-state index in [2.05, 4.69) is 15.2 Å². The highest BCUT2D eigenvalue weighted by Gasteiger charge is 2.29. The van der Waals surface area contributed by atoms with Crippen molar-refractivity contribution in [3.8, 4) is 11.3 Å². The van der Waals surface area contributed by atoms with Crippen LogP contribution in [0.1, 0.15) is 32.1 Å². The van der Waals surface area contributed by atoms with Gasteiger partial charge in [0.15, 0.2) is 12.2 Å². The molecule has 138 valence electrons. The van der Waals surface area contributed by atoms with Crippen LogP contribution in [-0.4, -0.2) is 53.0 Å². The summed E-state index contributed by atoms with van der Waals surface area (Å²) in [6.45, 7) is 4.19. The molecule has 1 aromatic carbocycles. The molecule has 2 aliphatic heterocycles. The lowest BCUT2D eigenvalue weighted by Crippen LogP contribution is -2.50. The minimum atomic E-state index is 0.00335. The zero-order chi connectivity index (χ0) is 17.8. The molecular weight excluding hydrogens is 328 g/mol. The van der Waals surface area contributed by atoms with Crippen molar-refractivity contribution in [2.45, 2.75) is 38.1 Å². The average molecular weight is 354 g/mol. The van der Waals surface area contributed by atoms with Gasteiger partial charge in [0, 0.05) is 30.4 Å². The smallest absolute Gasteiger partial charge is 0.322 e. The summed E-state index contributed by atoms with van der Waals surface area (Å²) in [7, 11) is 0. The number of urea groups is 1. The van der Waals surface area contributed by atoms with Crippen molar-refractivity contribution in [2.24, 2.45) is 0 Å². The van der Waals surface area contributed by atoms with E-state index in [0.29, 0.717) is 11.8 Å². The third kappa shape index (κ3) is 3.90. The van der Waals surface area contributed by atoms with E-state index in [0.717, 1.165) is 37.2 Å². The lowest BCUT2D eigenvalue weighted by Gasteiger charge is -2.37. The van der Waals surface area contributed by atoms with Crippen LogP contribution in [-0.2, 0) is 0 Å². The van der Waals surface area contributed by atoms with Crippen LogP contribution >= 0.6 is 0 Å². The number of hydrogen-bond donors (Lipinski definition) is 1. The number of anilines is 1. The molecule has 2 fully saturated rings. The molecule has 0 spiro atoms. The van der Waals surface area contributed by atoms with Crippen molar-refractivity contribution in [3.05, 3.63) is 36.9 Å². The van der Waals surface area contributed by atoms with Crippen molar-refractivity contribution in [1.82, 2.24) is 14.8 Å². The van der Waals surface area contributed by atoms with E-state index in [1.54, 1.807) is 6.20 Å². The zero-order valence-electron chi connectivity index (χ0n) is 15.1. The molecule has 6 nitrogen and oxygen atoms in total. The lowest BCUT2D eigenvalue weighted by atomic mass is 10.0. The Morgan fingerprint density at radius 3 is 2.85 bits per heavy atom. The monoisotopic (exact) mass is 354 g/mol. The standard InChI is InChI=1S/C20H26N4O2/c25-20(22-17-7-5-6-16(12-17)19-13-21-15-26-19)24-11-2-1-8-18(24)14-23-9-3-4-10-23/h5-7,12-13,15,18H,1-4,8-11,14H2,(H,22,25). The van der Waals surface area contributed by atoms with Crippen molar-refractivity contribution >= 4 is 11.7 Å². The number of piperidine rings is 1. The van der Waals surface area contributed by atoms with Crippen molar-refractivity contribution in [2.75, 3.05) is 31.5 Å². The van der Waals surface area contributed by atoms with E-state index in [9.17, 15) is 4.79 Å². The summed E-state index contributed by atoms with van der Waals surface area (Å²) in [6, 6.07) is 8.04. The molecule has 26 heavy (non-hydrogen) atoms. The van der Waals surface area contributed by atoms with E-state index in [4.69, 9.17) is 4.42 Å². The summed E-state index contributed by atoms with van der Waals surface area (Å²) in [6.07, 6.45) is 9.06. The van der Waals surface area contributed by atoms with Gasteiger partial charge < -0.3 is 19.5 Å². The number of benzene rings is 1. The van der Waals surface area contributed by atoms with Crippen LogP contribution in [0.3, 0.4) is 0 Å². The number of nitrogens with zero attached hydrogens (tertiary/aromatic N) is 3. The van der Waals surface area contributed by atoms with Gasteiger partial charge >= 0.3 is 6.03 Å². The highest BCUT2D eigenvalue weighted by molar-refractivity contribution is 5.90. The highest BCUT2D eigenvalue weighted by atomic mass is 16.3. The first kappa shape index (κ1) is 17.1. The molecule has 2 amide bonds. The molecule has 3 heterocycles. The van der Waals surface area contributed by atoms with Crippen LogP contribution < -0.4 is 5.32 Å². The Bertz CT molecular complexity index is 725. The third-order valence-corrected chi connectivity index (χ3v) is 5.39.